The van der Waals surface area contributed by atoms with Crippen molar-refractivity contribution in [2.75, 3.05) is 16.8 Å². The highest BCUT2D eigenvalue weighted by Crippen LogP contribution is 2.28. The minimum Gasteiger partial charge on any atom is -0.403 e. The molecule has 1 saturated heterocycles. The van der Waals surface area contributed by atoms with Crippen molar-refractivity contribution in [1.82, 2.24) is 10.2 Å². The molecular formula is C17H13BrN4O3S. The van der Waals surface area contributed by atoms with E-state index in [4.69, 9.17) is 4.42 Å². The summed E-state index contributed by atoms with van der Waals surface area (Å²) in [6, 6.07) is 9.32. The van der Waals surface area contributed by atoms with Gasteiger partial charge in [-0.25, -0.2) is 0 Å². The normalized spacial score (nSPS) is 16.9. The Morgan fingerprint density at radius 3 is 3.00 bits per heavy atom. The maximum absolute atomic E-state index is 12.5. The predicted octanol–water partition coefficient (Wildman–Crippen LogP) is 3.55. The summed E-state index contributed by atoms with van der Waals surface area (Å²) in [6.07, 6.45) is 0.143. The van der Waals surface area contributed by atoms with Crippen LogP contribution in [0.5, 0.6) is 0 Å². The van der Waals surface area contributed by atoms with Crippen LogP contribution in [0.2, 0.25) is 0 Å². The molecule has 1 aromatic carbocycles. The van der Waals surface area contributed by atoms with Gasteiger partial charge in [-0.15, -0.1) is 5.10 Å². The average molecular weight is 433 g/mol. The highest BCUT2D eigenvalue weighted by atomic mass is 79.9. The first kappa shape index (κ1) is 16.9. The number of nitrogens with one attached hydrogen (secondary N) is 1. The van der Waals surface area contributed by atoms with Crippen molar-refractivity contribution in [3.8, 4) is 11.5 Å². The lowest BCUT2D eigenvalue weighted by Crippen LogP contribution is -2.28. The number of carbonyl (C=O) groups excluding carboxylic acids is 2. The third kappa shape index (κ3) is 3.40. The lowest BCUT2D eigenvalue weighted by Gasteiger charge is -2.16. The minimum absolute atomic E-state index is 0.0320. The van der Waals surface area contributed by atoms with Crippen molar-refractivity contribution in [3.63, 3.8) is 0 Å². The number of hydrogen-bond acceptors (Lipinski definition) is 6. The summed E-state index contributed by atoms with van der Waals surface area (Å²) in [5, 5.41) is 14.1. The standard InChI is InChI=1S/C17H13BrN4O3S/c18-12-2-1-3-13(7-12)22-8-11(6-14(22)23)15(24)19-17-21-20-16(25-17)10-4-5-26-9-10/h1-5,7,9,11H,6,8H2,(H,19,21,24). The molecule has 0 aliphatic carbocycles. The number of benzene rings is 1. The highest BCUT2D eigenvalue weighted by molar-refractivity contribution is 9.10. The molecule has 1 atom stereocenters. The second kappa shape index (κ2) is 7.00. The first-order valence-electron chi connectivity index (χ1n) is 7.83. The molecule has 1 aliphatic heterocycles. The zero-order valence-electron chi connectivity index (χ0n) is 13.4. The quantitative estimate of drug-likeness (QED) is 0.680. The number of hydrogen-bond donors (Lipinski definition) is 1. The van der Waals surface area contributed by atoms with Gasteiger partial charge in [0.25, 0.3) is 5.89 Å². The van der Waals surface area contributed by atoms with E-state index in [-0.39, 0.29) is 24.2 Å². The lowest BCUT2D eigenvalue weighted by atomic mass is 10.1. The Kier molecular flexibility index (Phi) is 4.56. The first-order chi connectivity index (χ1) is 12.6. The number of nitrogens with zero attached hydrogens (tertiary/aromatic N) is 3. The van der Waals surface area contributed by atoms with Gasteiger partial charge in [0.05, 0.1) is 5.92 Å². The number of halogens is 1. The molecule has 1 aliphatic rings. The number of aromatic nitrogens is 2. The molecule has 0 spiro atoms. The number of thiophene rings is 1. The third-order valence-electron chi connectivity index (χ3n) is 4.04. The monoisotopic (exact) mass is 432 g/mol. The van der Waals surface area contributed by atoms with Crippen molar-refractivity contribution in [2.24, 2.45) is 5.92 Å². The second-order valence-electron chi connectivity index (χ2n) is 5.80. The van der Waals surface area contributed by atoms with Gasteiger partial charge in [0.2, 0.25) is 11.8 Å². The summed E-state index contributed by atoms with van der Waals surface area (Å²) in [7, 11) is 0. The molecule has 26 heavy (non-hydrogen) atoms. The van der Waals surface area contributed by atoms with Crippen LogP contribution >= 0.6 is 27.3 Å². The minimum atomic E-state index is -0.474. The molecule has 1 N–H and O–H groups in total. The molecule has 7 nitrogen and oxygen atoms in total. The first-order valence-corrected chi connectivity index (χ1v) is 9.56. The second-order valence-corrected chi connectivity index (χ2v) is 7.49. The Labute approximate surface area is 161 Å². The smallest absolute Gasteiger partial charge is 0.322 e. The molecule has 9 heteroatoms. The van der Waals surface area contributed by atoms with Gasteiger partial charge in [0.15, 0.2) is 0 Å². The Morgan fingerprint density at radius 2 is 2.23 bits per heavy atom. The molecule has 1 unspecified atom stereocenters. The van der Waals surface area contributed by atoms with Crippen LogP contribution in [0.4, 0.5) is 11.7 Å². The van der Waals surface area contributed by atoms with Gasteiger partial charge in [0, 0.05) is 34.1 Å². The average Bonchev–Trinajstić information content (AvgIpc) is 3.34. The summed E-state index contributed by atoms with van der Waals surface area (Å²) < 4.78 is 6.34. The topological polar surface area (TPSA) is 88.3 Å². The molecular weight excluding hydrogens is 420 g/mol. The molecule has 2 amide bonds. The van der Waals surface area contributed by atoms with E-state index in [2.05, 4.69) is 31.4 Å². The Balaban J connectivity index is 1.44. The van der Waals surface area contributed by atoms with Crippen LogP contribution in [0.1, 0.15) is 6.42 Å². The van der Waals surface area contributed by atoms with E-state index in [1.54, 1.807) is 4.90 Å². The van der Waals surface area contributed by atoms with Crippen molar-refractivity contribution in [2.45, 2.75) is 6.42 Å². The Bertz CT molecular complexity index is 957. The SMILES string of the molecule is O=C(Nc1nnc(-c2ccsc2)o1)C1CC(=O)N(c2cccc(Br)c2)C1. The fraction of sp³-hybridized carbons (Fsp3) is 0.176. The number of amides is 2. The molecule has 4 rings (SSSR count). The van der Waals surface area contributed by atoms with E-state index < -0.39 is 5.92 Å². The van der Waals surface area contributed by atoms with Gasteiger partial charge in [-0.2, -0.15) is 11.3 Å². The van der Waals surface area contributed by atoms with Gasteiger partial charge in [-0.05, 0) is 29.6 Å². The van der Waals surface area contributed by atoms with E-state index in [0.717, 1.165) is 15.7 Å². The molecule has 0 radical (unpaired) electrons. The van der Waals surface area contributed by atoms with Crippen molar-refractivity contribution in [3.05, 3.63) is 45.6 Å². The maximum Gasteiger partial charge on any atom is 0.322 e. The van der Waals surface area contributed by atoms with Gasteiger partial charge >= 0.3 is 6.01 Å². The van der Waals surface area contributed by atoms with Gasteiger partial charge in [-0.1, -0.05) is 27.1 Å². The van der Waals surface area contributed by atoms with Gasteiger partial charge < -0.3 is 9.32 Å². The van der Waals surface area contributed by atoms with Crippen molar-refractivity contribution in [1.29, 1.82) is 0 Å². The van der Waals surface area contributed by atoms with Gasteiger partial charge in [-0.3, -0.25) is 14.9 Å². The van der Waals surface area contributed by atoms with E-state index in [0.29, 0.717) is 12.4 Å². The van der Waals surface area contributed by atoms with Gasteiger partial charge in [0.1, 0.15) is 0 Å². The maximum atomic E-state index is 12.5. The largest absolute Gasteiger partial charge is 0.403 e. The molecule has 2 aromatic heterocycles. The van der Waals surface area contributed by atoms with Crippen LogP contribution in [-0.2, 0) is 9.59 Å². The summed E-state index contributed by atoms with van der Waals surface area (Å²) in [5.41, 5.74) is 1.57. The fourth-order valence-electron chi connectivity index (χ4n) is 2.76. The summed E-state index contributed by atoms with van der Waals surface area (Å²) >= 11 is 4.91. The van der Waals surface area contributed by atoms with E-state index in [1.807, 2.05) is 41.1 Å². The van der Waals surface area contributed by atoms with Crippen LogP contribution in [0.15, 0.2) is 50.0 Å². The van der Waals surface area contributed by atoms with Crippen LogP contribution in [0, 0.1) is 5.92 Å². The van der Waals surface area contributed by atoms with Crippen molar-refractivity contribution < 1.29 is 14.0 Å². The molecule has 0 bridgehead atoms. The number of rotatable bonds is 4. The zero-order valence-corrected chi connectivity index (χ0v) is 15.8. The van der Waals surface area contributed by atoms with Crippen LogP contribution in [0.3, 0.4) is 0 Å². The molecule has 132 valence electrons. The number of carbonyl (C=O) groups is 2. The van der Waals surface area contributed by atoms with E-state index >= 15 is 0 Å². The molecule has 3 aromatic rings. The Morgan fingerprint density at radius 1 is 1.35 bits per heavy atom. The van der Waals surface area contributed by atoms with E-state index in [1.165, 1.54) is 11.3 Å². The van der Waals surface area contributed by atoms with Crippen molar-refractivity contribution >= 4 is 50.8 Å². The molecule has 0 saturated carbocycles. The van der Waals surface area contributed by atoms with Crippen LogP contribution in [-0.4, -0.2) is 28.6 Å². The highest BCUT2D eigenvalue weighted by Gasteiger charge is 2.35. The molecule has 1 fully saturated rings. The third-order valence-corrected chi connectivity index (χ3v) is 5.22. The predicted molar refractivity (Wildman–Crippen MR) is 101 cm³/mol. The summed E-state index contributed by atoms with van der Waals surface area (Å²) in [6.45, 7) is 0.312. The summed E-state index contributed by atoms with van der Waals surface area (Å²) in [5.74, 6) is -0.526. The molecule has 3 heterocycles. The zero-order chi connectivity index (χ0) is 18.1. The fourth-order valence-corrected chi connectivity index (χ4v) is 3.78. The van der Waals surface area contributed by atoms with Crippen LogP contribution < -0.4 is 10.2 Å². The van der Waals surface area contributed by atoms with E-state index in [9.17, 15) is 9.59 Å². The lowest BCUT2D eigenvalue weighted by molar-refractivity contribution is -0.122. The summed E-state index contributed by atoms with van der Waals surface area (Å²) in [4.78, 5) is 26.4. The number of anilines is 2. The Hall–Kier alpha value is -2.52. The van der Waals surface area contributed by atoms with Crippen LogP contribution in [0.25, 0.3) is 11.5 Å².